The van der Waals surface area contributed by atoms with Gasteiger partial charge in [-0.1, -0.05) is 24.3 Å². The average molecular weight is 336 g/mol. The lowest BCUT2D eigenvalue weighted by Gasteiger charge is -2.22. The van der Waals surface area contributed by atoms with Gasteiger partial charge in [-0.25, -0.2) is 0 Å². The van der Waals surface area contributed by atoms with Crippen molar-refractivity contribution in [1.82, 2.24) is 9.62 Å². The molecule has 126 valence electrons. The minimum atomic E-state index is -0.285. The van der Waals surface area contributed by atoms with E-state index >= 15 is 0 Å². The predicted octanol–water partition coefficient (Wildman–Crippen LogP) is -0.133. The summed E-state index contributed by atoms with van der Waals surface area (Å²) in [5, 5.41) is 0. The van der Waals surface area contributed by atoms with Crippen LogP contribution in [0.2, 0.25) is 0 Å². The van der Waals surface area contributed by atoms with Crippen LogP contribution in [0.25, 0.3) is 0 Å². The van der Waals surface area contributed by atoms with Gasteiger partial charge in [-0.2, -0.15) is 0 Å². The van der Waals surface area contributed by atoms with E-state index in [9.17, 15) is 19.2 Å². The first-order chi connectivity index (χ1) is 12.1. The zero-order valence-electron chi connectivity index (χ0n) is 13.6. The number of fused-ring (bicyclic) bond motifs is 10. The number of hydrogen-bond donors (Lipinski definition) is 0. The van der Waals surface area contributed by atoms with Crippen molar-refractivity contribution in [1.29, 1.82) is 0 Å². The highest BCUT2D eigenvalue weighted by Crippen LogP contribution is 2.54. The van der Waals surface area contributed by atoms with Gasteiger partial charge >= 0.3 is 7.55 Å². The van der Waals surface area contributed by atoms with Crippen molar-refractivity contribution in [2.24, 2.45) is 47.3 Å². The molecule has 2 aliphatic heterocycles. The molecule has 2 heterocycles. The number of nitrogens with zero attached hydrogens (tertiary/aromatic N) is 2. The second kappa shape index (κ2) is 4.32. The Morgan fingerprint density at radius 2 is 0.880 bits per heavy atom. The van der Waals surface area contributed by atoms with E-state index in [4.69, 9.17) is 0 Å². The highest BCUT2D eigenvalue weighted by atomic mass is 16.2. The molecule has 4 amide bonds. The predicted molar refractivity (Wildman–Crippen MR) is 86.3 cm³/mol. The Morgan fingerprint density at radius 3 is 1.16 bits per heavy atom. The van der Waals surface area contributed by atoms with E-state index in [2.05, 4.69) is 0 Å². The fraction of sp³-hybridized carbons (Fsp3) is 0.556. The van der Waals surface area contributed by atoms with Gasteiger partial charge in [-0.3, -0.25) is 19.2 Å². The molecule has 4 aliphatic carbocycles. The maximum absolute atomic E-state index is 12.8. The third-order valence-corrected chi connectivity index (χ3v) is 7.41. The summed E-state index contributed by atoms with van der Waals surface area (Å²) in [5.41, 5.74) is 0. The van der Waals surface area contributed by atoms with Crippen LogP contribution in [0.15, 0.2) is 24.3 Å². The molecular formula is C18H17BN2O4. The summed E-state index contributed by atoms with van der Waals surface area (Å²) in [6.45, 7) is 0. The lowest BCUT2D eigenvalue weighted by molar-refractivity contribution is -0.137. The molecule has 4 fully saturated rings. The second-order valence-corrected chi connectivity index (χ2v) is 8.35. The smallest absolute Gasteiger partial charge is 0.309 e. The van der Waals surface area contributed by atoms with Gasteiger partial charge in [-0.15, -0.1) is 0 Å². The Kier molecular flexibility index (Phi) is 2.42. The van der Waals surface area contributed by atoms with E-state index in [1.807, 2.05) is 24.3 Å². The van der Waals surface area contributed by atoms with E-state index in [-0.39, 0.29) is 78.5 Å². The molecule has 0 radical (unpaired) electrons. The lowest BCUT2D eigenvalue weighted by Crippen LogP contribution is -2.49. The molecule has 8 unspecified atom stereocenters. The maximum Gasteiger partial charge on any atom is 0.376 e. The Labute approximate surface area is 145 Å². The number of rotatable bonds is 2. The fourth-order valence-corrected chi connectivity index (χ4v) is 6.35. The standard InChI is InChI=1S/C18H17BN2O4/c22-15-11-7-1-2-8(5-7)12(11)16(23)20(15)19-21-17(24)13-9-3-4-10(6-9)14(13)18(21)25/h1-4,7-14,19H,5-6H2. The van der Waals surface area contributed by atoms with E-state index in [0.29, 0.717) is 0 Å². The van der Waals surface area contributed by atoms with E-state index in [0.717, 1.165) is 12.8 Å². The molecule has 7 heteroatoms. The highest BCUT2D eigenvalue weighted by molar-refractivity contribution is 6.49. The quantitative estimate of drug-likeness (QED) is 0.400. The van der Waals surface area contributed by atoms with Crippen LogP contribution in [0.3, 0.4) is 0 Å². The van der Waals surface area contributed by atoms with Gasteiger partial charge in [0.05, 0.1) is 23.7 Å². The minimum Gasteiger partial charge on any atom is -0.309 e. The topological polar surface area (TPSA) is 74.8 Å². The molecule has 2 saturated carbocycles. The Balaban J connectivity index is 1.28. The molecule has 0 spiro atoms. The molecule has 0 N–H and O–H groups in total. The zero-order chi connectivity index (χ0) is 17.0. The molecule has 25 heavy (non-hydrogen) atoms. The number of amides is 4. The summed E-state index contributed by atoms with van der Waals surface area (Å²) < 4.78 is 0. The van der Waals surface area contributed by atoms with Crippen LogP contribution in [0.5, 0.6) is 0 Å². The van der Waals surface area contributed by atoms with Gasteiger partial charge in [-0.05, 0) is 36.5 Å². The molecule has 6 nitrogen and oxygen atoms in total. The summed E-state index contributed by atoms with van der Waals surface area (Å²) in [4.78, 5) is 53.5. The monoisotopic (exact) mass is 336 g/mol. The molecule has 4 bridgehead atoms. The molecule has 6 rings (SSSR count). The fourth-order valence-electron chi connectivity index (χ4n) is 6.35. The van der Waals surface area contributed by atoms with Gasteiger partial charge in [0.1, 0.15) is 0 Å². The third kappa shape index (κ3) is 1.49. The summed E-state index contributed by atoms with van der Waals surface area (Å²) in [5.74, 6) is -1.39. The first kappa shape index (κ1) is 14.0. The summed E-state index contributed by atoms with van der Waals surface area (Å²) in [6, 6.07) is 0. The second-order valence-electron chi connectivity index (χ2n) is 8.35. The van der Waals surface area contributed by atoms with Crippen LogP contribution in [0, 0.1) is 47.3 Å². The minimum absolute atomic E-state index is 0.140. The van der Waals surface area contributed by atoms with Gasteiger partial charge < -0.3 is 9.62 Å². The van der Waals surface area contributed by atoms with Gasteiger partial charge in [0, 0.05) is 0 Å². The summed E-state index contributed by atoms with van der Waals surface area (Å²) in [7, 11) is -0.186. The number of carbonyl (C=O) groups excluding carboxylic acids is 4. The molecule has 0 aromatic rings. The largest absolute Gasteiger partial charge is 0.376 e. The SMILES string of the molecule is O=C1C2C3C=CC(C3)C2C(=O)N1BN1C(=O)C2C3C=CC(C3)C2C1=O. The van der Waals surface area contributed by atoms with Crippen molar-refractivity contribution in [3.8, 4) is 0 Å². The Hall–Kier alpha value is -2.18. The molecule has 2 saturated heterocycles. The van der Waals surface area contributed by atoms with Crippen molar-refractivity contribution >= 4 is 31.2 Å². The average Bonchev–Trinajstić information content (AvgIpc) is 3.40. The van der Waals surface area contributed by atoms with E-state index in [1.54, 1.807) is 0 Å². The summed E-state index contributed by atoms with van der Waals surface area (Å²) >= 11 is 0. The third-order valence-electron chi connectivity index (χ3n) is 7.41. The van der Waals surface area contributed by atoms with Crippen LogP contribution in [-0.4, -0.2) is 40.8 Å². The van der Waals surface area contributed by atoms with E-state index in [1.165, 1.54) is 9.62 Å². The van der Waals surface area contributed by atoms with Crippen LogP contribution < -0.4 is 0 Å². The Morgan fingerprint density at radius 1 is 0.600 bits per heavy atom. The van der Waals surface area contributed by atoms with Crippen molar-refractivity contribution in [3.63, 3.8) is 0 Å². The zero-order valence-corrected chi connectivity index (χ0v) is 13.6. The number of imide groups is 2. The van der Waals surface area contributed by atoms with Crippen LogP contribution in [0.1, 0.15) is 12.8 Å². The molecule has 0 aromatic heterocycles. The van der Waals surface area contributed by atoms with Crippen LogP contribution in [0.4, 0.5) is 0 Å². The molecule has 6 aliphatic rings. The number of carbonyl (C=O) groups is 4. The number of hydrogen-bond acceptors (Lipinski definition) is 4. The highest BCUT2D eigenvalue weighted by Gasteiger charge is 2.63. The van der Waals surface area contributed by atoms with Gasteiger partial charge in [0.15, 0.2) is 0 Å². The first-order valence-electron chi connectivity index (χ1n) is 9.13. The Bertz CT molecular complexity index is 694. The maximum atomic E-state index is 12.8. The molecular weight excluding hydrogens is 319 g/mol. The van der Waals surface area contributed by atoms with Crippen molar-refractivity contribution in [3.05, 3.63) is 24.3 Å². The van der Waals surface area contributed by atoms with Gasteiger partial charge in [0.25, 0.3) is 0 Å². The molecule has 0 aromatic carbocycles. The first-order valence-corrected chi connectivity index (χ1v) is 9.13. The van der Waals surface area contributed by atoms with Gasteiger partial charge in [0.2, 0.25) is 23.6 Å². The number of allylic oxidation sites excluding steroid dienone is 4. The van der Waals surface area contributed by atoms with Crippen LogP contribution in [-0.2, 0) is 19.2 Å². The normalized spacial score (nSPS) is 48.3. The molecule has 8 atom stereocenters. The lowest BCUT2D eigenvalue weighted by atomic mass is 9.85. The van der Waals surface area contributed by atoms with Crippen molar-refractivity contribution < 1.29 is 19.2 Å². The van der Waals surface area contributed by atoms with E-state index < -0.39 is 0 Å². The van der Waals surface area contributed by atoms with Crippen molar-refractivity contribution in [2.75, 3.05) is 0 Å². The van der Waals surface area contributed by atoms with Crippen LogP contribution >= 0.6 is 0 Å². The van der Waals surface area contributed by atoms with Crippen molar-refractivity contribution in [2.45, 2.75) is 12.8 Å². The summed E-state index contributed by atoms with van der Waals surface area (Å²) in [6.07, 6.45) is 9.92.